The van der Waals surface area contributed by atoms with E-state index in [4.69, 9.17) is 0 Å². The number of anilines is 1. The summed E-state index contributed by atoms with van der Waals surface area (Å²) in [5.41, 5.74) is 1.28. The monoisotopic (exact) mass is 347 g/mol. The predicted octanol–water partition coefficient (Wildman–Crippen LogP) is 2.11. The molecule has 0 aliphatic carbocycles. The minimum absolute atomic E-state index is 0.0500. The molecule has 2 rings (SSSR count). The Morgan fingerprint density at radius 3 is 2.42 bits per heavy atom. The van der Waals surface area contributed by atoms with Crippen LogP contribution >= 0.6 is 11.3 Å². The molecule has 2 amide bonds. The van der Waals surface area contributed by atoms with Crippen LogP contribution in [0.25, 0.3) is 0 Å². The number of carbonyl (C=O) groups is 3. The summed E-state index contributed by atoms with van der Waals surface area (Å²) in [7, 11) is 0. The molecule has 0 aliphatic rings. The van der Waals surface area contributed by atoms with Gasteiger partial charge in [-0.25, -0.2) is 9.78 Å². The van der Waals surface area contributed by atoms with Crippen molar-refractivity contribution in [1.29, 1.82) is 0 Å². The van der Waals surface area contributed by atoms with Crippen LogP contribution in [0.5, 0.6) is 0 Å². The fraction of sp³-hybridized carbons (Fsp3) is 0.250. The summed E-state index contributed by atoms with van der Waals surface area (Å²) < 4.78 is 0. The van der Waals surface area contributed by atoms with Crippen LogP contribution in [0.3, 0.4) is 0 Å². The molecule has 24 heavy (non-hydrogen) atoms. The molecule has 1 aromatic carbocycles. The van der Waals surface area contributed by atoms with Gasteiger partial charge < -0.3 is 15.7 Å². The molecule has 0 radical (unpaired) electrons. The normalized spacial score (nSPS) is 11.5. The first-order valence-corrected chi connectivity index (χ1v) is 8.13. The summed E-state index contributed by atoms with van der Waals surface area (Å²) in [6.45, 7) is 1.81. The average Bonchev–Trinajstić information content (AvgIpc) is 2.96. The van der Waals surface area contributed by atoms with Crippen LogP contribution < -0.4 is 10.6 Å². The van der Waals surface area contributed by atoms with Crippen LogP contribution in [0.4, 0.5) is 5.13 Å². The Bertz CT molecular complexity index is 730. The van der Waals surface area contributed by atoms with E-state index >= 15 is 0 Å². The molecule has 1 atom stereocenters. The minimum Gasteiger partial charge on any atom is -0.479 e. The Hall–Kier alpha value is -2.74. The van der Waals surface area contributed by atoms with Crippen LogP contribution in [0.1, 0.15) is 30.1 Å². The minimum atomic E-state index is -1.16. The maximum atomic E-state index is 11.9. The number of nitrogens with zero attached hydrogens (tertiary/aromatic N) is 1. The highest BCUT2D eigenvalue weighted by molar-refractivity contribution is 7.13. The third-order valence-corrected chi connectivity index (χ3v) is 4.01. The van der Waals surface area contributed by atoms with Gasteiger partial charge in [0.1, 0.15) is 0 Å². The molecule has 1 unspecified atom stereocenters. The van der Waals surface area contributed by atoms with E-state index in [2.05, 4.69) is 15.6 Å². The Kier molecular flexibility index (Phi) is 6.02. The van der Waals surface area contributed by atoms with Crippen LogP contribution in [0, 0.1) is 6.92 Å². The molecular formula is C16H17N3O4S. The average molecular weight is 347 g/mol. The van der Waals surface area contributed by atoms with Gasteiger partial charge in [0.05, 0.1) is 5.69 Å². The second-order valence-corrected chi connectivity index (χ2v) is 5.95. The molecule has 8 heteroatoms. The third-order valence-electron chi connectivity index (χ3n) is 3.13. The van der Waals surface area contributed by atoms with Gasteiger partial charge in [0.15, 0.2) is 11.2 Å². The molecule has 0 fully saturated rings. The second kappa shape index (κ2) is 8.21. The number of aryl methyl sites for hydroxylation is 1. The highest BCUT2D eigenvalue weighted by atomic mass is 32.1. The molecular weight excluding hydrogens is 330 g/mol. The van der Waals surface area contributed by atoms with Gasteiger partial charge in [-0.3, -0.25) is 9.59 Å². The number of aliphatic carboxylic acids is 1. The quantitative estimate of drug-likeness (QED) is 0.711. The van der Waals surface area contributed by atoms with Crippen molar-refractivity contribution >= 4 is 34.3 Å². The van der Waals surface area contributed by atoms with Crippen molar-refractivity contribution in [2.45, 2.75) is 25.8 Å². The zero-order chi connectivity index (χ0) is 17.5. The Balaban J connectivity index is 1.85. The van der Waals surface area contributed by atoms with Gasteiger partial charge in [-0.05, 0) is 12.5 Å². The molecule has 1 aromatic heterocycles. The first-order chi connectivity index (χ1) is 11.5. The molecule has 3 N–H and O–H groups in total. The van der Waals surface area contributed by atoms with E-state index < -0.39 is 17.9 Å². The fourth-order valence-electron chi connectivity index (χ4n) is 1.99. The molecule has 1 heterocycles. The fourth-order valence-corrected chi connectivity index (χ4v) is 2.69. The molecule has 7 nitrogen and oxygen atoms in total. The van der Waals surface area contributed by atoms with Gasteiger partial charge in [-0.15, -0.1) is 11.3 Å². The number of thiazole rings is 1. The Morgan fingerprint density at radius 1 is 1.17 bits per heavy atom. The molecule has 0 saturated carbocycles. The highest BCUT2D eigenvalue weighted by Gasteiger charge is 2.22. The van der Waals surface area contributed by atoms with Gasteiger partial charge >= 0.3 is 5.97 Å². The van der Waals surface area contributed by atoms with Gasteiger partial charge in [0.2, 0.25) is 11.8 Å². The maximum Gasteiger partial charge on any atom is 0.330 e. The number of rotatable bonds is 7. The van der Waals surface area contributed by atoms with Crippen molar-refractivity contribution in [3.63, 3.8) is 0 Å². The summed E-state index contributed by atoms with van der Waals surface area (Å²) in [5, 5.41) is 16.6. The van der Waals surface area contributed by atoms with Crippen molar-refractivity contribution in [3.8, 4) is 0 Å². The number of hydrogen-bond donors (Lipinski definition) is 3. The van der Waals surface area contributed by atoms with E-state index in [-0.39, 0.29) is 18.7 Å². The SMILES string of the molecule is Cc1csc(NC(=O)CCC(=O)NC(C(=O)O)c2ccccc2)n1. The van der Waals surface area contributed by atoms with Crippen LogP contribution in [-0.4, -0.2) is 27.9 Å². The van der Waals surface area contributed by atoms with E-state index in [0.29, 0.717) is 10.7 Å². The first kappa shape index (κ1) is 17.6. The van der Waals surface area contributed by atoms with Crippen molar-refractivity contribution in [2.24, 2.45) is 0 Å². The molecule has 0 bridgehead atoms. The van der Waals surface area contributed by atoms with E-state index in [1.807, 2.05) is 6.92 Å². The molecule has 0 saturated heterocycles. The molecule has 126 valence electrons. The van der Waals surface area contributed by atoms with Crippen molar-refractivity contribution in [3.05, 3.63) is 47.0 Å². The van der Waals surface area contributed by atoms with Crippen LogP contribution in [-0.2, 0) is 14.4 Å². The largest absolute Gasteiger partial charge is 0.479 e. The lowest BCUT2D eigenvalue weighted by molar-refractivity contribution is -0.142. The summed E-state index contributed by atoms with van der Waals surface area (Å²) in [6, 6.07) is 7.26. The summed E-state index contributed by atoms with van der Waals surface area (Å²) in [5.74, 6) is -2.00. The topological polar surface area (TPSA) is 108 Å². The molecule has 2 aromatic rings. The highest BCUT2D eigenvalue weighted by Crippen LogP contribution is 2.15. The van der Waals surface area contributed by atoms with Gasteiger partial charge in [-0.2, -0.15) is 0 Å². The van der Waals surface area contributed by atoms with Crippen molar-refractivity contribution in [1.82, 2.24) is 10.3 Å². The summed E-state index contributed by atoms with van der Waals surface area (Å²) >= 11 is 1.30. The van der Waals surface area contributed by atoms with Crippen LogP contribution in [0.2, 0.25) is 0 Å². The zero-order valence-corrected chi connectivity index (χ0v) is 13.8. The molecule has 0 aliphatic heterocycles. The van der Waals surface area contributed by atoms with E-state index in [9.17, 15) is 19.5 Å². The van der Waals surface area contributed by atoms with Gasteiger partial charge in [0, 0.05) is 18.2 Å². The van der Waals surface area contributed by atoms with Crippen LogP contribution in [0.15, 0.2) is 35.7 Å². The maximum absolute atomic E-state index is 11.9. The van der Waals surface area contributed by atoms with E-state index in [1.54, 1.807) is 35.7 Å². The number of carboxylic acids is 1. The zero-order valence-electron chi connectivity index (χ0n) is 13.0. The van der Waals surface area contributed by atoms with E-state index in [0.717, 1.165) is 5.69 Å². The van der Waals surface area contributed by atoms with Gasteiger partial charge in [0.25, 0.3) is 0 Å². The Labute approximate surface area is 142 Å². The number of hydrogen-bond acceptors (Lipinski definition) is 5. The predicted molar refractivity (Wildman–Crippen MR) is 89.7 cm³/mol. The van der Waals surface area contributed by atoms with Gasteiger partial charge in [-0.1, -0.05) is 30.3 Å². The lowest BCUT2D eigenvalue weighted by atomic mass is 10.1. The van der Waals surface area contributed by atoms with Crippen molar-refractivity contribution in [2.75, 3.05) is 5.32 Å². The number of benzene rings is 1. The Morgan fingerprint density at radius 2 is 1.83 bits per heavy atom. The smallest absolute Gasteiger partial charge is 0.330 e. The van der Waals surface area contributed by atoms with Crippen molar-refractivity contribution < 1.29 is 19.5 Å². The number of carbonyl (C=O) groups excluding carboxylic acids is 2. The lowest BCUT2D eigenvalue weighted by Gasteiger charge is -2.14. The summed E-state index contributed by atoms with van der Waals surface area (Å²) in [4.78, 5) is 39.1. The molecule has 0 spiro atoms. The number of amides is 2. The number of carboxylic acid groups (broad SMARTS) is 1. The second-order valence-electron chi connectivity index (χ2n) is 5.09. The standard InChI is InChI=1S/C16H17N3O4S/c1-10-9-24-16(17-10)19-13(21)8-7-12(20)18-14(15(22)23)11-5-3-2-4-6-11/h2-6,9,14H,7-8H2,1H3,(H,18,20)(H,22,23)(H,17,19,21). The number of aromatic nitrogens is 1. The first-order valence-electron chi connectivity index (χ1n) is 7.25. The van der Waals surface area contributed by atoms with E-state index in [1.165, 1.54) is 11.3 Å². The lowest BCUT2D eigenvalue weighted by Crippen LogP contribution is -2.34. The number of nitrogens with one attached hydrogen (secondary N) is 2. The third kappa shape index (κ3) is 5.17. The summed E-state index contributed by atoms with van der Waals surface area (Å²) in [6.07, 6.45) is -0.154.